The fraction of sp³-hybridized carbons (Fsp3) is 0.867. The predicted octanol–water partition coefficient (Wildman–Crippen LogP) is 2.28. The molecular formula is C15H21NO3. The van der Waals surface area contributed by atoms with E-state index in [1.807, 2.05) is 0 Å². The van der Waals surface area contributed by atoms with E-state index in [0.717, 1.165) is 12.8 Å². The van der Waals surface area contributed by atoms with Crippen LogP contribution in [0.2, 0.25) is 0 Å². The molecule has 0 radical (unpaired) electrons. The topological polar surface area (TPSA) is 59.3 Å². The van der Waals surface area contributed by atoms with Gasteiger partial charge in [0.1, 0.15) is 6.10 Å². The summed E-state index contributed by atoms with van der Waals surface area (Å²) in [4.78, 5) is 11.9. The standard InChI is InChI=1S/C15H21NO3/c1-4-14(2,3)8-18-11-9-5-10-12(11)19-13(17)15(10,6-9)7-16/h9-12H,4-6,8H2,1-3H3. The van der Waals surface area contributed by atoms with Gasteiger partial charge in [-0.15, -0.1) is 0 Å². The summed E-state index contributed by atoms with van der Waals surface area (Å²) >= 11 is 0. The fourth-order valence-corrected chi connectivity index (χ4v) is 3.78. The summed E-state index contributed by atoms with van der Waals surface area (Å²) in [6.07, 6.45) is 2.41. The third-order valence-corrected chi connectivity index (χ3v) is 5.39. The molecule has 1 aliphatic heterocycles. The number of hydrogen-bond acceptors (Lipinski definition) is 4. The minimum absolute atomic E-state index is 0.00347. The molecule has 0 aromatic carbocycles. The second-order valence-electron chi connectivity index (χ2n) is 7.05. The Balaban J connectivity index is 1.73. The average molecular weight is 263 g/mol. The van der Waals surface area contributed by atoms with E-state index >= 15 is 0 Å². The summed E-state index contributed by atoms with van der Waals surface area (Å²) in [5, 5.41) is 9.33. The minimum Gasteiger partial charge on any atom is -0.458 e. The quantitative estimate of drug-likeness (QED) is 0.730. The smallest absolute Gasteiger partial charge is 0.327 e. The molecule has 3 rings (SSSR count). The molecule has 4 heteroatoms. The lowest BCUT2D eigenvalue weighted by atomic mass is 9.74. The van der Waals surface area contributed by atoms with Crippen molar-refractivity contribution in [3.8, 4) is 6.07 Å². The Morgan fingerprint density at radius 2 is 2.32 bits per heavy atom. The van der Waals surface area contributed by atoms with Crippen LogP contribution in [0.25, 0.3) is 0 Å². The van der Waals surface area contributed by atoms with Crippen molar-refractivity contribution in [2.45, 2.75) is 52.2 Å². The molecule has 1 saturated heterocycles. The second kappa shape index (κ2) is 3.96. The van der Waals surface area contributed by atoms with Crippen LogP contribution in [0.15, 0.2) is 0 Å². The number of nitriles is 1. The molecule has 0 aromatic rings. The number of nitrogens with zero attached hydrogens (tertiary/aromatic N) is 1. The van der Waals surface area contributed by atoms with Gasteiger partial charge in [-0.2, -0.15) is 5.26 Å². The molecule has 2 bridgehead atoms. The van der Waals surface area contributed by atoms with E-state index in [-0.39, 0.29) is 29.5 Å². The monoisotopic (exact) mass is 263 g/mol. The van der Waals surface area contributed by atoms with Gasteiger partial charge < -0.3 is 9.47 Å². The number of hydrogen-bond donors (Lipinski definition) is 0. The van der Waals surface area contributed by atoms with Gasteiger partial charge in [-0.05, 0) is 30.6 Å². The Kier molecular flexibility index (Phi) is 2.69. The van der Waals surface area contributed by atoms with Crippen molar-refractivity contribution in [1.82, 2.24) is 0 Å². The number of fused-ring (bicyclic) bond motifs is 1. The van der Waals surface area contributed by atoms with Crippen LogP contribution < -0.4 is 0 Å². The SMILES string of the molecule is CCC(C)(C)COC1C2CC3C1OC(=O)C3(C#N)C2. The van der Waals surface area contributed by atoms with Crippen molar-refractivity contribution in [3.63, 3.8) is 0 Å². The van der Waals surface area contributed by atoms with E-state index in [1.54, 1.807) is 0 Å². The zero-order chi connectivity index (χ0) is 13.8. The van der Waals surface area contributed by atoms with Crippen molar-refractivity contribution in [2.75, 3.05) is 6.61 Å². The molecule has 5 unspecified atom stereocenters. The van der Waals surface area contributed by atoms with Gasteiger partial charge in [0, 0.05) is 5.92 Å². The summed E-state index contributed by atoms with van der Waals surface area (Å²) < 4.78 is 11.5. The van der Waals surface area contributed by atoms with E-state index in [9.17, 15) is 10.1 Å². The van der Waals surface area contributed by atoms with Gasteiger partial charge in [0.05, 0.1) is 18.8 Å². The van der Waals surface area contributed by atoms with Gasteiger partial charge in [-0.25, -0.2) is 0 Å². The van der Waals surface area contributed by atoms with Crippen LogP contribution in [-0.2, 0) is 14.3 Å². The summed E-state index contributed by atoms with van der Waals surface area (Å²) in [5.74, 6) is 0.0619. The zero-order valence-corrected chi connectivity index (χ0v) is 11.8. The molecule has 0 aromatic heterocycles. The lowest BCUT2D eigenvalue weighted by Gasteiger charge is -2.31. The van der Waals surface area contributed by atoms with Crippen LogP contribution >= 0.6 is 0 Å². The Hall–Kier alpha value is -1.08. The molecule has 5 atom stereocenters. The molecular weight excluding hydrogens is 242 g/mol. The molecule has 4 nitrogen and oxygen atoms in total. The van der Waals surface area contributed by atoms with Crippen molar-refractivity contribution in [1.29, 1.82) is 5.26 Å². The highest BCUT2D eigenvalue weighted by Gasteiger charge is 2.71. The van der Waals surface area contributed by atoms with E-state index in [2.05, 4.69) is 26.8 Å². The van der Waals surface area contributed by atoms with Crippen LogP contribution in [0.5, 0.6) is 0 Å². The Morgan fingerprint density at radius 1 is 1.58 bits per heavy atom. The van der Waals surface area contributed by atoms with Crippen LogP contribution in [0.3, 0.4) is 0 Å². The maximum atomic E-state index is 11.9. The van der Waals surface area contributed by atoms with Crippen LogP contribution in [-0.4, -0.2) is 24.8 Å². The average Bonchev–Trinajstić information content (AvgIpc) is 2.96. The van der Waals surface area contributed by atoms with Crippen molar-refractivity contribution in [3.05, 3.63) is 0 Å². The minimum atomic E-state index is -0.852. The zero-order valence-electron chi connectivity index (χ0n) is 11.8. The van der Waals surface area contributed by atoms with E-state index in [1.165, 1.54) is 0 Å². The first-order valence-electron chi connectivity index (χ1n) is 7.17. The van der Waals surface area contributed by atoms with Gasteiger partial charge in [0.15, 0.2) is 5.41 Å². The highest BCUT2D eigenvalue weighted by Crippen LogP contribution is 2.62. The van der Waals surface area contributed by atoms with E-state index < -0.39 is 5.41 Å². The molecule has 2 saturated carbocycles. The highest BCUT2D eigenvalue weighted by atomic mass is 16.6. The maximum absolute atomic E-state index is 11.9. The third-order valence-electron chi connectivity index (χ3n) is 5.39. The number of carbonyl (C=O) groups is 1. The van der Waals surface area contributed by atoms with Crippen molar-refractivity contribution < 1.29 is 14.3 Å². The Bertz CT molecular complexity index is 453. The molecule has 0 amide bonds. The summed E-state index contributed by atoms with van der Waals surface area (Å²) in [6.45, 7) is 7.20. The van der Waals surface area contributed by atoms with E-state index in [4.69, 9.17) is 9.47 Å². The first-order valence-corrected chi connectivity index (χ1v) is 7.17. The third kappa shape index (κ3) is 1.64. The molecule has 3 fully saturated rings. The summed E-state index contributed by atoms with van der Waals surface area (Å²) in [5.41, 5.74) is -0.702. The lowest BCUT2D eigenvalue weighted by Crippen LogP contribution is -2.40. The molecule has 1 heterocycles. The van der Waals surface area contributed by atoms with Crippen molar-refractivity contribution in [2.24, 2.45) is 22.7 Å². The Labute approximate surface area is 114 Å². The molecule has 104 valence electrons. The number of rotatable bonds is 4. The van der Waals surface area contributed by atoms with Gasteiger partial charge in [-0.3, -0.25) is 4.79 Å². The summed E-state index contributed by atoms with van der Waals surface area (Å²) in [6, 6.07) is 2.22. The largest absolute Gasteiger partial charge is 0.458 e. The Morgan fingerprint density at radius 3 is 2.95 bits per heavy atom. The highest BCUT2D eigenvalue weighted by molar-refractivity contribution is 5.84. The van der Waals surface area contributed by atoms with Crippen LogP contribution in [0.4, 0.5) is 0 Å². The number of carbonyl (C=O) groups excluding carboxylic acids is 1. The normalized spacial score (nSPS) is 43.4. The van der Waals surface area contributed by atoms with Crippen LogP contribution in [0.1, 0.15) is 40.0 Å². The van der Waals surface area contributed by atoms with E-state index in [0.29, 0.717) is 18.9 Å². The van der Waals surface area contributed by atoms with Gasteiger partial charge in [0.2, 0.25) is 0 Å². The number of esters is 1. The van der Waals surface area contributed by atoms with Gasteiger partial charge in [0.25, 0.3) is 0 Å². The fourth-order valence-electron chi connectivity index (χ4n) is 3.78. The molecule has 2 aliphatic carbocycles. The molecule has 3 aliphatic rings. The molecule has 0 N–H and O–H groups in total. The van der Waals surface area contributed by atoms with Crippen molar-refractivity contribution >= 4 is 5.97 Å². The first kappa shape index (κ1) is 12.9. The summed E-state index contributed by atoms with van der Waals surface area (Å²) in [7, 11) is 0. The molecule has 19 heavy (non-hydrogen) atoms. The first-order chi connectivity index (χ1) is 8.93. The maximum Gasteiger partial charge on any atom is 0.327 e. The predicted molar refractivity (Wildman–Crippen MR) is 68.0 cm³/mol. The van der Waals surface area contributed by atoms with Gasteiger partial charge in [-0.1, -0.05) is 20.8 Å². The van der Waals surface area contributed by atoms with Crippen LogP contribution in [0, 0.1) is 34.0 Å². The second-order valence-corrected chi connectivity index (χ2v) is 7.05. The molecule has 0 spiro atoms. The lowest BCUT2D eigenvalue weighted by molar-refractivity contribution is -0.149. The van der Waals surface area contributed by atoms with Gasteiger partial charge >= 0.3 is 5.97 Å². The number of ether oxygens (including phenoxy) is 2.